The lowest BCUT2D eigenvalue weighted by atomic mass is 9.89. The number of hydrogen-bond acceptors (Lipinski definition) is 2. The number of hydrogen-bond donors (Lipinski definition) is 2. The summed E-state index contributed by atoms with van der Waals surface area (Å²) in [5.41, 5.74) is 4.69. The van der Waals surface area contributed by atoms with Crippen molar-refractivity contribution in [1.29, 1.82) is 0 Å². The van der Waals surface area contributed by atoms with Crippen LogP contribution in [0.25, 0.3) is 10.9 Å². The number of nitrogens with zero attached hydrogens (tertiary/aromatic N) is 2. The SMILES string of the molecule is Cc1cc2ccccc2n1CCNC(=O)[C@@H]1CCc2nc[nH]c2C1. The summed E-state index contributed by atoms with van der Waals surface area (Å²) in [6.45, 7) is 3.57. The summed E-state index contributed by atoms with van der Waals surface area (Å²) in [4.78, 5) is 19.9. The number of carbonyl (C=O) groups is 1. The van der Waals surface area contributed by atoms with Gasteiger partial charge >= 0.3 is 0 Å². The molecule has 1 aliphatic carbocycles. The van der Waals surface area contributed by atoms with E-state index in [9.17, 15) is 4.79 Å². The highest BCUT2D eigenvalue weighted by atomic mass is 16.1. The first-order chi connectivity index (χ1) is 11.7. The predicted octanol–water partition coefficient (Wildman–Crippen LogP) is 2.59. The third-order valence-electron chi connectivity index (χ3n) is 5.01. The molecule has 0 radical (unpaired) electrons. The van der Waals surface area contributed by atoms with Gasteiger partial charge in [-0.1, -0.05) is 18.2 Å². The second kappa shape index (κ2) is 6.15. The minimum Gasteiger partial charge on any atom is -0.354 e. The van der Waals surface area contributed by atoms with Crippen LogP contribution in [0.1, 0.15) is 23.5 Å². The molecule has 0 bridgehead atoms. The molecule has 1 atom stereocenters. The van der Waals surface area contributed by atoms with Crippen LogP contribution in [0.5, 0.6) is 0 Å². The van der Waals surface area contributed by atoms with E-state index >= 15 is 0 Å². The van der Waals surface area contributed by atoms with E-state index in [0.717, 1.165) is 37.2 Å². The summed E-state index contributed by atoms with van der Waals surface area (Å²) < 4.78 is 2.27. The summed E-state index contributed by atoms with van der Waals surface area (Å²) in [6, 6.07) is 10.6. The Labute approximate surface area is 141 Å². The second-order valence-electron chi connectivity index (χ2n) is 6.55. The predicted molar refractivity (Wildman–Crippen MR) is 93.8 cm³/mol. The molecule has 5 nitrogen and oxygen atoms in total. The van der Waals surface area contributed by atoms with Gasteiger partial charge in [0.2, 0.25) is 5.91 Å². The standard InChI is InChI=1S/C19H22N4O/c1-13-10-14-4-2-3-5-18(14)23(13)9-8-20-19(24)15-6-7-16-17(11-15)22-12-21-16/h2-5,10,12,15H,6-9,11H2,1H3,(H,20,24)(H,21,22)/t15-/m1/s1. The molecule has 124 valence electrons. The molecule has 2 N–H and O–H groups in total. The Hall–Kier alpha value is -2.56. The van der Waals surface area contributed by atoms with Crippen LogP contribution < -0.4 is 5.32 Å². The van der Waals surface area contributed by atoms with Crippen LogP contribution in [0, 0.1) is 12.8 Å². The van der Waals surface area contributed by atoms with E-state index in [4.69, 9.17) is 0 Å². The topological polar surface area (TPSA) is 62.7 Å². The normalized spacial score (nSPS) is 17.0. The van der Waals surface area contributed by atoms with E-state index in [1.165, 1.54) is 16.6 Å². The highest BCUT2D eigenvalue weighted by Gasteiger charge is 2.25. The monoisotopic (exact) mass is 322 g/mol. The molecule has 5 heteroatoms. The summed E-state index contributed by atoms with van der Waals surface area (Å²) in [5.74, 6) is 0.213. The summed E-state index contributed by atoms with van der Waals surface area (Å²) in [7, 11) is 0. The van der Waals surface area contributed by atoms with Gasteiger partial charge in [0.15, 0.2) is 0 Å². The molecule has 0 fully saturated rings. The highest BCUT2D eigenvalue weighted by molar-refractivity contribution is 5.81. The molecule has 0 spiro atoms. The number of aryl methyl sites for hydroxylation is 2. The zero-order chi connectivity index (χ0) is 16.5. The molecule has 2 aromatic heterocycles. The minimum absolute atomic E-state index is 0.0560. The second-order valence-corrected chi connectivity index (χ2v) is 6.55. The van der Waals surface area contributed by atoms with E-state index < -0.39 is 0 Å². The number of aromatic amines is 1. The number of para-hydroxylation sites is 1. The van der Waals surface area contributed by atoms with Crippen molar-refractivity contribution in [1.82, 2.24) is 19.9 Å². The molecular weight excluding hydrogens is 300 g/mol. The average Bonchev–Trinajstić information content (AvgIpc) is 3.18. The number of imidazole rings is 1. The molecular formula is C19H22N4O. The molecule has 0 aliphatic heterocycles. The van der Waals surface area contributed by atoms with Crippen molar-refractivity contribution in [2.24, 2.45) is 5.92 Å². The molecule has 0 unspecified atom stereocenters. The number of amides is 1. The molecule has 3 aromatic rings. The van der Waals surface area contributed by atoms with Gasteiger partial charge in [-0.3, -0.25) is 4.79 Å². The van der Waals surface area contributed by atoms with Gasteiger partial charge in [-0.05, 0) is 37.3 Å². The number of H-pyrrole nitrogens is 1. The number of aromatic nitrogens is 3. The fourth-order valence-electron chi connectivity index (χ4n) is 3.71. The third kappa shape index (κ3) is 2.70. The smallest absolute Gasteiger partial charge is 0.223 e. The Kier molecular flexibility index (Phi) is 3.84. The van der Waals surface area contributed by atoms with Gasteiger partial charge in [-0.25, -0.2) is 4.98 Å². The zero-order valence-electron chi connectivity index (χ0n) is 13.9. The van der Waals surface area contributed by atoms with Gasteiger partial charge in [-0.2, -0.15) is 0 Å². The summed E-state index contributed by atoms with van der Waals surface area (Å²) >= 11 is 0. The molecule has 0 saturated carbocycles. The van der Waals surface area contributed by atoms with Crippen LogP contribution in [-0.4, -0.2) is 27.0 Å². The van der Waals surface area contributed by atoms with Crippen molar-refractivity contribution in [3.05, 3.63) is 53.7 Å². The Morgan fingerprint density at radius 1 is 1.42 bits per heavy atom. The van der Waals surface area contributed by atoms with Crippen molar-refractivity contribution in [3.8, 4) is 0 Å². The first-order valence-corrected chi connectivity index (χ1v) is 8.56. The van der Waals surface area contributed by atoms with Crippen molar-refractivity contribution in [2.45, 2.75) is 32.7 Å². The molecule has 1 aromatic carbocycles. The van der Waals surface area contributed by atoms with Crippen molar-refractivity contribution < 1.29 is 4.79 Å². The highest BCUT2D eigenvalue weighted by Crippen LogP contribution is 2.23. The third-order valence-corrected chi connectivity index (χ3v) is 5.01. The van der Waals surface area contributed by atoms with Crippen molar-refractivity contribution >= 4 is 16.8 Å². The van der Waals surface area contributed by atoms with Crippen molar-refractivity contribution in [3.63, 3.8) is 0 Å². The number of carbonyl (C=O) groups excluding carboxylic acids is 1. The molecule has 1 amide bonds. The summed E-state index contributed by atoms with van der Waals surface area (Å²) in [5, 5.41) is 4.36. The number of fused-ring (bicyclic) bond motifs is 2. The number of benzene rings is 1. The van der Waals surface area contributed by atoms with E-state index in [2.05, 4.69) is 57.1 Å². The van der Waals surface area contributed by atoms with E-state index in [1.807, 2.05) is 0 Å². The van der Waals surface area contributed by atoms with Gasteiger partial charge in [-0.15, -0.1) is 0 Å². The quantitative estimate of drug-likeness (QED) is 0.775. The lowest BCUT2D eigenvalue weighted by molar-refractivity contribution is -0.125. The fraction of sp³-hybridized carbons (Fsp3) is 0.368. The van der Waals surface area contributed by atoms with Crippen LogP contribution in [0.15, 0.2) is 36.7 Å². The van der Waals surface area contributed by atoms with Crippen molar-refractivity contribution in [2.75, 3.05) is 6.54 Å². The average molecular weight is 322 g/mol. The van der Waals surface area contributed by atoms with Crippen LogP contribution in [-0.2, 0) is 24.2 Å². The number of rotatable bonds is 4. The van der Waals surface area contributed by atoms with Crippen LogP contribution >= 0.6 is 0 Å². The Balaban J connectivity index is 1.37. The number of nitrogens with one attached hydrogen (secondary N) is 2. The Morgan fingerprint density at radius 3 is 3.21 bits per heavy atom. The first-order valence-electron chi connectivity index (χ1n) is 8.56. The van der Waals surface area contributed by atoms with Gasteiger partial charge in [0.05, 0.1) is 12.0 Å². The maximum Gasteiger partial charge on any atom is 0.223 e. The van der Waals surface area contributed by atoms with Gasteiger partial charge < -0.3 is 14.9 Å². The first kappa shape index (κ1) is 15.0. The minimum atomic E-state index is 0.0560. The lowest BCUT2D eigenvalue weighted by Crippen LogP contribution is -2.36. The van der Waals surface area contributed by atoms with Crippen LogP contribution in [0.4, 0.5) is 0 Å². The molecule has 24 heavy (non-hydrogen) atoms. The van der Waals surface area contributed by atoms with Crippen LogP contribution in [0.2, 0.25) is 0 Å². The lowest BCUT2D eigenvalue weighted by Gasteiger charge is -2.21. The maximum absolute atomic E-state index is 12.5. The van der Waals surface area contributed by atoms with Gasteiger partial charge in [0.1, 0.15) is 0 Å². The largest absolute Gasteiger partial charge is 0.354 e. The maximum atomic E-state index is 12.5. The van der Waals surface area contributed by atoms with E-state index in [0.29, 0.717) is 6.54 Å². The summed E-state index contributed by atoms with van der Waals surface area (Å²) in [6.07, 6.45) is 4.27. The van der Waals surface area contributed by atoms with Crippen LogP contribution in [0.3, 0.4) is 0 Å². The molecule has 4 rings (SSSR count). The Bertz CT molecular complexity index is 877. The molecule has 2 heterocycles. The zero-order valence-corrected chi connectivity index (χ0v) is 13.9. The van der Waals surface area contributed by atoms with E-state index in [-0.39, 0.29) is 11.8 Å². The van der Waals surface area contributed by atoms with E-state index in [1.54, 1.807) is 6.33 Å². The van der Waals surface area contributed by atoms with Gasteiger partial charge in [0, 0.05) is 42.3 Å². The molecule has 1 aliphatic rings. The van der Waals surface area contributed by atoms with Gasteiger partial charge in [0.25, 0.3) is 0 Å². The fourth-order valence-corrected chi connectivity index (χ4v) is 3.71. The Morgan fingerprint density at radius 2 is 2.29 bits per heavy atom. The molecule has 0 saturated heterocycles.